The van der Waals surface area contributed by atoms with Gasteiger partial charge in [-0.1, -0.05) is 6.08 Å². The average molecular weight is 438 g/mol. The van der Waals surface area contributed by atoms with E-state index in [0.717, 1.165) is 30.9 Å². The highest BCUT2D eigenvalue weighted by atomic mass is 16.5. The zero-order valence-corrected chi connectivity index (χ0v) is 19.2. The molecule has 0 radical (unpaired) electrons. The van der Waals surface area contributed by atoms with Crippen molar-refractivity contribution in [3.8, 4) is 11.6 Å². The van der Waals surface area contributed by atoms with E-state index in [4.69, 9.17) is 4.74 Å². The summed E-state index contributed by atoms with van der Waals surface area (Å²) < 4.78 is 5.93. The molecule has 170 valence electrons. The van der Waals surface area contributed by atoms with Gasteiger partial charge in [-0.2, -0.15) is 4.98 Å². The summed E-state index contributed by atoms with van der Waals surface area (Å²) >= 11 is 0. The lowest BCUT2D eigenvalue weighted by atomic mass is 9.95. The minimum atomic E-state index is -0.118. The highest BCUT2D eigenvalue weighted by Crippen LogP contribution is 2.29. The van der Waals surface area contributed by atoms with Gasteiger partial charge in [-0.25, -0.2) is 4.98 Å². The monoisotopic (exact) mass is 437 g/mol. The van der Waals surface area contributed by atoms with E-state index < -0.39 is 0 Å². The third-order valence-corrected chi connectivity index (χ3v) is 5.15. The molecule has 0 bridgehead atoms. The Morgan fingerprint density at radius 1 is 1.19 bits per heavy atom. The third-order valence-electron chi connectivity index (χ3n) is 5.15. The molecule has 0 unspecified atom stereocenters. The molecule has 1 aromatic heterocycles. The van der Waals surface area contributed by atoms with E-state index in [1.807, 2.05) is 36.9 Å². The van der Waals surface area contributed by atoms with Gasteiger partial charge in [0.1, 0.15) is 11.6 Å². The van der Waals surface area contributed by atoms with E-state index in [1.165, 1.54) is 6.92 Å². The number of carbonyl (C=O) groups excluding carboxylic acids is 2. The number of nitrogens with zero attached hydrogens (tertiary/aromatic N) is 4. The molecule has 1 aliphatic rings. The number of likely N-dealkylation sites (tertiary alicyclic amines) is 1. The van der Waals surface area contributed by atoms with Gasteiger partial charge in [0.05, 0.1) is 0 Å². The molecule has 0 saturated carbocycles. The molecule has 8 nitrogen and oxygen atoms in total. The molecule has 0 aliphatic carbocycles. The van der Waals surface area contributed by atoms with Gasteiger partial charge in [-0.15, -0.1) is 0 Å². The first-order valence-corrected chi connectivity index (χ1v) is 10.8. The Morgan fingerprint density at radius 2 is 1.88 bits per heavy atom. The molecule has 3 rings (SSSR count). The number of ether oxygens (including phenoxy) is 1. The zero-order chi connectivity index (χ0) is 23.1. The number of likely N-dealkylation sites (N-methyl/N-ethyl adjacent to an activating group) is 1. The van der Waals surface area contributed by atoms with Gasteiger partial charge in [0.15, 0.2) is 0 Å². The topological polar surface area (TPSA) is 87.7 Å². The fraction of sp³-hybridized carbons (Fsp3) is 0.417. The number of piperidine rings is 1. The van der Waals surface area contributed by atoms with E-state index >= 15 is 0 Å². The number of hydrogen-bond donors (Lipinski definition) is 1. The maximum atomic E-state index is 12.4. The van der Waals surface area contributed by atoms with Crippen LogP contribution in [-0.2, 0) is 9.59 Å². The molecule has 0 atom stereocenters. The number of benzene rings is 1. The van der Waals surface area contributed by atoms with Crippen molar-refractivity contribution in [1.29, 1.82) is 0 Å². The number of nitrogens with one attached hydrogen (secondary N) is 1. The first kappa shape index (κ1) is 23.4. The van der Waals surface area contributed by atoms with Crippen LogP contribution >= 0.6 is 0 Å². The van der Waals surface area contributed by atoms with Crippen molar-refractivity contribution in [3.05, 3.63) is 54.0 Å². The summed E-state index contributed by atoms with van der Waals surface area (Å²) in [5, 5.41) is 2.73. The van der Waals surface area contributed by atoms with Crippen LogP contribution in [0.4, 0.5) is 5.69 Å². The van der Waals surface area contributed by atoms with Gasteiger partial charge >= 0.3 is 0 Å². The van der Waals surface area contributed by atoms with Crippen molar-refractivity contribution >= 4 is 17.5 Å². The third kappa shape index (κ3) is 6.88. The van der Waals surface area contributed by atoms with Gasteiger partial charge in [0.2, 0.25) is 17.7 Å². The molecule has 1 saturated heterocycles. The quantitative estimate of drug-likeness (QED) is 0.669. The second-order valence-corrected chi connectivity index (χ2v) is 8.28. The van der Waals surface area contributed by atoms with Crippen LogP contribution < -0.4 is 10.1 Å². The average Bonchev–Trinajstić information content (AvgIpc) is 2.74. The van der Waals surface area contributed by atoms with Crippen molar-refractivity contribution in [1.82, 2.24) is 19.8 Å². The van der Waals surface area contributed by atoms with Crippen molar-refractivity contribution in [3.63, 3.8) is 0 Å². The van der Waals surface area contributed by atoms with Gasteiger partial charge in [0, 0.05) is 56.0 Å². The smallest absolute Gasteiger partial charge is 0.246 e. The molecular weight excluding hydrogens is 406 g/mol. The number of anilines is 1. The van der Waals surface area contributed by atoms with Crippen LogP contribution in [0.2, 0.25) is 0 Å². The molecule has 2 amide bonds. The minimum Gasteiger partial charge on any atom is -0.439 e. The molecule has 0 spiro atoms. The van der Waals surface area contributed by atoms with Crippen LogP contribution in [0.1, 0.15) is 37.2 Å². The maximum Gasteiger partial charge on any atom is 0.246 e. The van der Waals surface area contributed by atoms with Gasteiger partial charge < -0.3 is 19.9 Å². The molecule has 1 aliphatic heterocycles. The van der Waals surface area contributed by atoms with E-state index in [1.54, 1.807) is 36.4 Å². The molecule has 1 fully saturated rings. The number of aromatic nitrogens is 2. The van der Waals surface area contributed by atoms with Gasteiger partial charge in [-0.05, 0) is 58.1 Å². The van der Waals surface area contributed by atoms with Crippen molar-refractivity contribution in [2.75, 3.05) is 39.0 Å². The summed E-state index contributed by atoms with van der Waals surface area (Å²) in [6.45, 7) is 5.52. The predicted molar refractivity (Wildman–Crippen MR) is 124 cm³/mol. The Hall–Kier alpha value is -3.26. The molecule has 8 heteroatoms. The molecule has 32 heavy (non-hydrogen) atoms. The predicted octanol–water partition coefficient (Wildman–Crippen LogP) is 3.36. The molecule has 1 N–H and O–H groups in total. The highest BCUT2D eigenvalue weighted by molar-refractivity contribution is 5.88. The number of carbonyl (C=O) groups is 2. The van der Waals surface area contributed by atoms with Crippen LogP contribution in [0.3, 0.4) is 0 Å². The minimum absolute atomic E-state index is 0.0576. The van der Waals surface area contributed by atoms with Crippen molar-refractivity contribution < 1.29 is 14.3 Å². The summed E-state index contributed by atoms with van der Waals surface area (Å²) in [6.07, 6.45) is 5.19. The van der Waals surface area contributed by atoms with Crippen LogP contribution in [0.15, 0.2) is 42.5 Å². The van der Waals surface area contributed by atoms with Crippen LogP contribution in [0, 0.1) is 6.92 Å². The van der Waals surface area contributed by atoms with Gasteiger partial charge in [-0.3, -0.25) is 9.59 Å². The number of rotatable bonds is 7. The first-order chi connectivity index (χ1) is 15.3. The number of hydrogen-bond acceptors (Lipinski definition) is 6. The van der Waals surface area contributed by atoms with Crippen molar-refractivity contribution in [2.24, 2.45) is 0 Å². The fourth-order valence-electron chi connectivity index (χ4n) is 3.55. The normalized spacial score (nSPS) is 14.7. The summed E-state index contributed by atoms with van der Waals surface area (Å²) in [7, 11) is 3.95. The van der Waals surface area contributed by atoms with Crippen LogP contribution in [0.5, 0.6) is 11.6 Å². The van der Waals surface area contributed by atoms with Gasteiger partial charge in [0.25, 0.3) is 0 Å². The summed E-state index contributed by atoms with van der Waals surface area (Å²) in [5.74, 6) is 2.01. The second-order valence-electron chi connectivity index (χ2n) is 8.28. The fourth-order valence-corrected chi connectivity index (χ4v) is 3.55. The Kier molecular flexibility index (Phi) is 7.94. The molecule has 1 aromatic carbocycles. The lowest BCUT2D eigenvalue weighted by Crippen LogP contribution is -2.37. The molecule has 2 aromatic rings. The summed E-state index contributed by atoms with van der Waals surface area (Å²) in [5.41, 5.74) is 1.55. The maximum absolute atomic E-state index is 12.4. The second kappa shape index (κ2) is 10.9. The summed E-state index contributed by atoms with van der Waals surface area (Å²) in [4.78, 5) is 36.7. The van der Waals surface area contributed by atoms with Crippen LogP contribution in [0.25, 0.3) is 0 Å². The number of amides is 2. The van der Waals surface area contributed by atoms with E-state index in [9.17, 15) is 9.59 Å². The Labute approximate surface area is 189 Å². The number of aryl methyl sites for hydroxylation is 1. The largest absolute Gasteiger partial charge is 0.439 e. The lowest BCUT2D eigenvalue weighted by Gasteiger charge is -2.30. The first-order valence-electron chi connectivity index (χ1n) is 10.8. The lowest BCUT2D eigenvalue weighted by molar-refractivity contribution is -0.127. The molecule has 2 heterocycles. The van der Waals surface area contributed by atoms with Crippen LogP contribution in [-0.4, -0.2) is 65.3 Å². The van der Waals surface area contributed by atoms with Crippen molar-refractivity contribution in [2.45, 2.75) is 32.6 Å². The van der Waals surface area contributed by atoms with E-state index in [-0.39, 0.29) is 17.7 Å². The zero-order valence-electron chi connectivity index (χ0n) is 19.2. The molecular formula is C24H31N5O3. The highest BCUT2D eigenvalue weighted by Gasteiger charge is 2.25. The van der Waals surface area contributed by atoms with E-state index in [2.05, 4.69) is 15.3 Å². The summed E-state index contributed by atoms with van der Waals surface area (Å²) in [6, 6.07) is 8.95. The standard InChI is InChI=1S/C24H31N5O3/c1-17-16-22(32-21-9-7-20(8-10-21)26-18(2)30)27-24(25-17)19-11-14-29(15-12-19)23(31)6-5-13-28(3)4/h5-10,16,19H,11-15H2,1-4H3,(H,26,30)/b6-5+. The Morgan fingerprint density at radius 3 is 2.50 bits per heavy atom. The SMILES string of the molecule is CC(=O)Nc1ccc(Oc2cc(C)nc(C3CCN(C(=O)/C=C/CN(C)C)CC3)n2)cc1. The van der Waals surface area contributed by atoms with E-state index in [0.29, 0.717) is 30.4 Å². The Balaban J connectivity index is 1.61. The Bertz CT molecular complexity index is 964.